The van der Waals surface area contributed by atoms with Gasteiger partial charge in [-0.3, -0.25) is 0 Å². The fraction of sp³-hybridized carbons (Fsp3) is 0.222. The predicted octanol–water partition coefficient (Wildman–Crippen LogP) is 1.26. The molecule has 0 unspecified atom stereocenters. The smallest absolute Gasteiger partial charge is 0.187 e. The lowest BCUT2D eigenvalue weighted by atomic mass is 10.3. The first-order chi connectivity index (χ1) is 6.29. The van der Waals surface area contributed by atoms with Gasteiger partial charge < -0.3 is 10.3 Å². The lowest BCUT2D eigenvalue weighted by Crippen LogP contribution is -2.43. The van der Waals surface area contributed by atoms with Gasteiger partial charge in [-0.1, -0.05) is 18.2 Å². The third-order valence-corrected chi connectivity index (χ3v) is 2.09. The topological polar surface area (TPSA) is 41.3 Å². The fourth-order valence-electron chi connectivity index (χ4n) is 1.13. The number of benzene rings is 1. The Bertz CT molecular complexity index is 273. The molecule has 0 spiro atoms. The lowest BCUT2D eigenvalue weighted by molar-refractivity contribution is 0.960. The Morgan fingerprint density at radius 1 is 1.46 bits per heavy atom. The molecule has 3 nitrogen and oxygen atoms in total. The summed E-state index contributed by atoms with van der Waals surface area (Å²) in [5, 5.41) is 0.536. The Balaban J connectivity index is 2.85. The van der Waals surface area contributed by atoms with Crippen molar-refractivity contribution >= 4 is 23.0 Å². The number of thiocarbonyl (C=S) groups is 1. The van der Waals surface area contributed by atoms with Crippen LogP contribution in [0.3, 0.4) is 0 Å². The van der Waals surface area contributed by atoms with E-state index in [1.807, 2.05) is 42.2 Å². The van der Waals surface area contributed by atoms with Gasteiger partial charge in [-0.2, -0.15) is 0 Å². The third kappa shape index (κ3) is 2.40. The molecule has 0 aliphatic rings. The van der Waals surface area contributed by atoms with E-state index in [2.05, 4.69) is 5.43 Å². The van der Waals surface area contributed by atoms with E-state index in [1.165, 1.54) is 0 Å². The van der Waals surface area contributed by atoms with Crippen LogP contribution in [0.4, 0.5) is 5.69 Å². The molecule has 0 amide bonds. The molecular formula is C9H13N3S. The van der Waals surface area contributed by atoms with Gasteiger partial charge in [-0.15, -0.1) is 0 Å². The summed E-state index contributed by atoms with van der Waals surface area (Å²) in [6.07, 6.45) is 0. The van der Waals surface area contributed by atoms with Crippen molar-refractivity contribution in [1.29, 1.82) is 0 Å². The number of anilines is 1. The van der Waals surface area contributed by atoms with Gasteiger partial charge in [0.2, 0.25) is 0 Å². The van der Waals surface area contributed by atoms with Gasteiger partial charge >= 0.3 is 0 Å². The molecule has 0 heterocycles. The molecule has 0 fully saturated rings. The first-order valence-electron chi connectivity index (χ1n) is 4.12. The number of hydrogen-bond donors (Lipinski definition) is 2. The number of rotatable bonds is 2. The summed E-state index contributed by atoms with van der Waals surface area (Å²) in [7, 11) is 0. The Morgan fingerprint density at radius 2 is 2.08 bits per heavy atom. The predicted molar refractivity (Wildman–Crippen MR) is 59.4 cm³/mol. The zero-order valence-electron chi connectivity index (χ0n) is 7.53. The molecule has 3 N–H and O–H groups in total. The van der Waals surface area contributed by atoms with Crippen LogP contribution in [-0.2, 0) is 0 Å². The lowest BCUT2D eigenvalue weighted by Gasteiger charge is -2.22. The molecule has 0 bridgehead atoms. The first-order valence-corrected chi connectivity index (χ1v) is 4.53. The highest BCUT2D eigenvalue weighted by atomic mass is 32.1. The fourth-order valence-corrected chi connectivity index (χ4v) is 1.36. The summed E-state index contributed by atoms with van der Waals surface area (Å²) in [4.78, 5) is 1.93. The second-order valence-electron chi connectivity index (χ2n) is 2.53. The highest BCUT2D eigenvalue weighted by Gasteiger charge is 2.06. The summed E-state index contributed by atoms with van der Waals surface area (Å²) in [6, 6.07) is 9.89. The van der Waals surface area contributed by atoms with E-state index in [1.54, 1.807) is 0 Å². The summed E-state index contributed by atoms with van der Waals surface area (Å²) in [5.74, 6) is 5.25. The number of nitrogens with zero attached hydrogens (tertiary/aromatic N) is 1. The Morgan fingerprint density at radius 3 is 2.54 bits per heavy atom. The maximum absolute atomic E-state index is 5.25. The highest BCUT2D eigenvalue weighted by molar-refractivity contribution is 7.80. The van der Waals surface area contributed by atoms with Crippen molar-refractivity contribution in [3.05, 3.63) is 30.3 Å². The van der Waals surface area contributed by atoms with Crippen molar-refractivity contribution in [2.75, 3.05) is 11.4 Å². The molecule has 1 aromatic carbocycles. The zero-order chi connectivity index (χ0) is 9.68. The van der Waals surface area contributed by atoms with Gasteiger partial charge in [-0.25, -0.2) is 5.84 Å². The van der Waals surface area contributed by atoms with E-state index in [-0.39, 0.29) is 0 Å². The monoisotopic (exact) mass is 195 g/mol. The standard InChI is InChI=1S/C9H13N3S/c1-2-12(9(13)11-10)8-6-4-3-5-7-8/h3-7H,2,10H2,1H3,(H,11,13). The van der Waals surface area contributed by atoms with Gasteiger partial charge in [0, 0.05) is 12.2 Å². The van der Waals surface area contributed by atoms with E-state index < -0.39 is 0 Å². The molecule has 0 atom stereocenters. The van der Waals surface area contributed by atoms with Crippen LogP contribution in [0.25, 0.3) is 0 Å². The quantitative estimate of drug-likeness (QED) is 0.423. The third-order valence-electron chi connectivity index (χ3n) is 1.75. The van der Waals surface area contributed by atoms with Gasteiger partial charge in [0.15, 0.2) is 5.11 Å². The number of para-hydroxylation sites is 1. The summed E-state index contributed by atoms with van der Waals surface area (Å²) >= 11 is 5.05. The summed E-state index contributed by atoms with van der Waals surface area (Å²) in [6.45, 7) is 2.82. The van der Waals surface area contributed by atoms with Crippen molar-refractivity contribution in [2.45, 2.75) is 6.92 Å². The molecule has 0 radical (unpaired) electrons. The molecule has 0 saturated carbocycles. The minimum Gasteiger partial charge on any atom is -0.318 e. The molecular weight excluding hydrogens is 182 g/mol. The SMILES string of the molecule is CCN(C(=S)NN)c1ccccc1. The van der Waals surface area contributed by atoms with Gasteiger partial charge in [0.05, 0.1) is 0 Å². The highest BCUT2D eigenvalue weighted by Crippen LogP contribution is 2.12. The second-order valence-corrected chi connectivity index (χ2v) is 2.92. The minimum absolute atomic E-state index is 0.536. The average Bonchev–Trinajstić information content (AvgIpc) is 2.20. The Hall–Kier alpha value is -1.13. The largest absolute Gasteiger partial charge is 0.318 e. The van der Waals surface area contributed by atoms with Crippen molar-refractivity contribution < 1.29 is 0 Å². The molecule has 0 saturated heterocycles. The van der Waals surface area contributed by atoms with Crippen LogP contribution >= 0.6 is 12.2 Å². The molecule has 0 aromatic heterocycles. The second kappa shape index (κ2) is 4.79. The van der Waals surface area contributed by atoms with Crippen molar-refractivity contribution in [1.82, 2.24) is 5.43 Å². The van der Waals surface area contributed by atoms with Crippen molar-refractivity contribution in [3.63, 3.8) is 0 Å². The minimum atomic E-state index is 0.536. The Kier molecular flexibility index (Phi) is 3.67. The van der Waals surface area contributed by atoms with E-state index in [4.69, 9.17) is 18.1 Å². The van der Waals surface area contributed by atoms with E-state index in [9.17, 15) is 0 Å². The normalized spacial score (nSPS) is 9.38. The van der Waals surface area contributed by atoms with Crippen molar-refractivity contribution in [2.24, 2.45) is 5.84 Å². The van der Waals surface area contributed by atoms with Crippen LogP contribution in [0, 0.1) is 0 Å². The van der Waals surface area contributed by atoms with E-state index in [0.717, 1.165) is 12.2 Å². The van der Waals surface area contributed by atoms with E-state index >= 15 is 0 Å². The van der Waals surface area contributed by atoms with Gasteiger partial charge in [0.1, 0.15) is 0 Å². The Labute approximate surface area is 83.5 Å². The van der Waals surface area contributed by atoms with Crippen LogP contribution in [-0.4, -0.2) is 11.7 Å². The summed E-state index contributed by atoms with van der Waals surface area (Å²) < 4.78 is 0. The van der Waals surface area contributed by atoms with Crippen LogP contribution in [0.2, 0.25) is 0 Å². The molecule has 4 heteroatoms. The van der Waals surface area contributed by atoms with Crippen LogP contribution < -0.4 is 16.2 Å². The molecule has 0 aliphatic carbocycles. The maximum atomic E-state index is 5.25. The molecule has 1 aromatic rings. The number of nitrogens with two attached hydrogens (primary N) is 1. The van der Waals surface area contributed by atoms with E-state index in [0.29, 0.717) is 5.11 Å². The summed E-state index contributed by atoms with van der Waals surface area (Å²) in [5.41, 5.74) is 3.52. The van der Waals surface area contributed by atoms with Gasteiger partial charge in [-0.05, 0) is 31.3 Å². The maximum Gasteiger partial charge on any atom is 0.187 e. The van der Waals surface area contributed by atoms with Crippen LogP contribution in [0.1, 0.15) is 6.92 Å². The molecule has 0 aliphatic heterocycles. The molecule has 70 valence electrons. The van der Waals surface area contributed by atoms with Crippen LogP contribution in [0.15, 0.2) is 30.3 Å². The first kappa shape index (κ1) is 9.95. The van der Waals surface area contributed by atoms with Crippen LogP contribution in [0.5, 0.6) is 0 Å². The number of hydrazine groups is 1. The van der Waals surface area contributed by atoms with Crippen molar-refractivity contribution in [3.8, 4) is 0 Å². The molecule has 13 heavy (non-hydrogen) atoms. The van der Waals surface area contributed by atoms with Gasteiger partial charge in [0.25, 0.3) is 0 Å². The zero-order valence-corrected chi connectivity index (χ0v) is 8.34. The number of hydrogen-bond acceptors (Lipinski definition) is 2. The average molecular weight is 195 g/mol. The number of nitrogens with one attached hydrogen (secondary N) is 1. The molecule has 1 rings (SSSR count).